The molecule has 0 fully saturated rings. The standard InChI is InChI=1S/C29H28N2O4.C2H6/c1-31-20-26(25-6-3-4-7-27(25)34-2)30-28(31)18-11-21-9-12-22(13-10-21)23-14-16-24(17-15-23)35-19-5-8-29(32)33;1-2/h3-4,6-7,9-18,20H,5,8,19H2,1-2H3,(H,32,33);1-2H3/b18-11+;. The van der Waals surface area contributed by atoms with E-state index in [0.717, 1.165) is 45.3 Å². The van der Waals surface area contributed by atoms with Gasteiger partial charge in [0.2, 0.25) is 0 Å². The number of ether oxygens (including phenoxy) is 2. The lowest BCUT2D eigenvalue weighted by molar-refractivity contribution is -0.137. The average molecular weight is 499 g/mol. The maximum atomic E-state index is 10.6. The Kier molecular flexibility index (Phi) is 10.1. The van der Waals surface area contributed by atoms with Crippen LogP contribution in [0.2, 0.25) is 0 Å². The first-order chi connectivity index (χ1) is 18.0. The molecule has 1 N–H and O–H groups in total. The predicted octanol–water partition coefficient (Wildman–Crippen LogP) is 7.20. The number of nitrogens with zero attached hydrogens (tertiary/aromatic N) is 2. The van der Waals surface area contributed by atoms with E-state index >= 15 is 0 Å². The van der Waals surface area contributed by atoms with Gasteiger partial charge in [-0.3, -0.25) is 4.79 Å². The van der Waals surface area contributed by atoms with Crippen LogP contribution in [0.15, 0.2) is 79.0 Å². The lowest BCUT2D eigenvalue weighted by Gasteiger charge is -2.07. The van der Waals surface area contributed by atoms with Crippen molar-refractivity contribution in [2.24, 2.45) is 7.05 Å². The third kappa shape index (κ3) is 7.58. The zero-order valence-corrected chi connectivity index (χ0v) is 21.8. The summed E-state index contributed by atoms with van der Waals surface area (Å²) < 4.78 is 13.1. The fourth-order valence-corrected chi connectivity index (χ4v) is 3.74. The number of carboxylic acid groups (broad SMARTS) is 1. The summed E-state index contributed by atoms with van der Waals surface area (Å²) in [6.45, 7) is 4.39. The molecule has 0 atom stereocenters. The quantitative estimate of drug-likeness (QED) is 0.234. The first-order valence-electron chi connectivity index (χ1n) is 12.4. The number of para-hydroxylation sites is 1. The van der Waals surface area contributed by atoms with Gasteiger partial charge in [0.15, 0.2) is 0 Å². The molecule has 0 aliphatic rings. The molecule has 0 unspecified atom stereocenters. The smallest absolute Gasteiger partial charge is 0.303 e. The summed E-state index contributed by atoms with van der Waals surface area (Å²) in [7, 11) is 3.65. The van der Waals surface area contributed by atoms with Gasteiger partial charge in [-0.15, -0.1) is 0 Å². The molecule has 0 aliphatic carbocycles. The van der Waals surface area contributed by atoms with Gasteiger partial charge in [-0.25, -0.2) is 4.98 Å². The van der Waals surface area contributed by atoms with Crippen molar-refractivity contribution in [3.63, 3.8) is 0 Å². The second-order valence-corrected chi connectivity index (χ2v) is 8.12. The molecule has 0 radical (unpaired) electrons. The van der Waals surface area contributed by atoms with Crippen LogP contribution in [-0.4, -0.2) is 34.3 Å². The fourth-order valence-electron chi connectivity index (χ4n) is 3.74. The van der Waals surface area contributed by atoms with Crippen LogP contribution in [0.3, 0.4) is 0 Å². The summed E-state index contributed by atoms with van der Waals surface area (Å²) in [6, 6.07) is 24.0. The number of aryl methyl sites for hydroxylation is 1. The Labute approximate surface area is 218 Å². The number of hydrogen-bond acceptors (Lipinski definition) is 4. The SMILES string of the molecule is CC.COc1ccccc1-c1cn(C)c(/C=C/c2ccc(-c3ccc(OCCCC(=O)O)cc3)cc2)n1. The van der Waals surface area contributed by atoms with E-state index in [4.69, 9.17) is 19.6 Å². The number of aliphatic carboxylic acids is 1. The molecule has 1 aromatic heterocycles. The average Bonchev–Trinajstić information content (AvgIpc) is 3.31. The lowest BCUT2D eigenvalue weighted by Crippen LogP contribution is -2.01. The highest BCUT2D eigenvalue weighted by Crippen LogP contribution is 2.29. The Morgan fingerprint density at radius 1 is 0.946 bits per heavy atom. The fraction of sp³-hybridized carbons (Fsp3) is 0.226. The summed E-state index contributed by atoms with van der Waals surface area (Å²) in [5, 5.41) is 8.69. The Balaban J connectivity index is 0.00000186. The van der Waals surface area contributed by atoms with Crippen LogP contribution in [0.5, 0.6) is 11.5 Å². The van der Waals surface area contributed by atoms with E-state index in [-0.39, 0.29) is 6.42 Å². The van der Waals surface area contributed by atoms with Gasteiger partial charge in [-0.1, -0.05) is 68.5 Å². The highest BCUT2D eigenvalue weighted by atomic mass is 16.5. The Hall–Kier alpha value is -4.32. The number of benzene rings is 3. The van der Waals surface area contributed by atoms with Crippen LogP contribution in [-0.2, 0) is 11.8 Å². The molecule has 1 heterocycles. The number of hydrogen-bond donors (Lipinski definition) is 1. The molecule has 4 rings (SSSR count). The molecule has 0 spiro atoms. The van der Waals surface area contributed by atoms with Crippen molar-refractivity contribution in [2.45, 2.75) is 26.7 Å². The van der Waals surface area contributed by atoms with Gasteiger partial charge in [0.05, 0.1) is 19.4 Å². The second kappa shape index (κ2) is 13.7. The van der Waals surface area contributed by atoms with Crippen molar-refractivity contribution in [1.29, 1.82) is 0 Å². The first kappa shape index (κ1) is 27.3. The van der Waals surface area contributed by atoms with Gasteiger partial charge in [0.25, 0.3) is 0 Å². The molecule has 0 amide bonds. The van der Waals surface area contributed by atoms with E-state index < -0.39 is 5.97 Å². The number of rotatable bonds is 10. The van der Waals surface area contributed by atoms with E-state index in [2.05, 4.69) is 24.3 Å². The normalized spacial score (nSPS) is 10.6. The third-order valence-corrected chi connectivity index (χ3v) is 5.62. The summed E-state index contributed by atoms with van der Waals surface area (Å²) >= 11 is 0. The van der Waals surface area contributed by atoms with E-state index in [1.165, 1.54) is 0 Å². The highest BCUT2D eigenvalue weighted by Gasteiger charge is 2.10. The minimum absolute atomic E-state index is 0.113. The lowest BCUT2D eigenvalue weighted by atomic mass is 10.0. The van der Waals surface area contributed by atoms with Gasteiger partial charge < -0.3 is 19.1 Å². The van der Waals surface area contributed by atoms with E-state index in [0.29, 0.717) is 13.0 Å². The van der Waals surface area contributed by atoms with E-state index in [1.807, 2.05) is 92.3 Å². The molecule has 3 aromatic carbocycles. The van der Waals surface area contributed by atoms with Gasteiger partial charge in [0.1, 0.15) is 17.3 Å². The molecule has 192 valence electrons. The summed E-state index contributed by atoms with van der Waals surface area (Å²) in [4.78, 5) is 15.3. The monoisotopic (exact) mass is 498 g/mol. The number of carboxylic acids is 1. The Morgan fingerprint density at radius 2 is 1.59 bits per heavy atom. The predicted molar refractivity (Wildman–Crippen MR) is 150 cm³/mol. The van der Waals surface area contributed by atoms with Gasteiger partial charge in [-0.2, -0.15) is 0 Å². The Morgan fingerprint density at radius 3 is 2.24 bits per heavy atom. The maximum absolute atomic E-state index is 10.6. The Bertz CT molecular complexity index is 1310. The minimum atomic E-state index is -0.806. The van der Waals surface area contributed by atoms with Crippen molar-refractivity contribution in [1.82, 2.24) is 9.55 Å². The van der Waals surface area contributed by atoms with Crippen molar-refractivity contribution < 1.29 is 19.4 Å². The van der Waals surface area contributed by atoms with Crippen LogP contribution in [0.4, 0.5) is 0 Å². The molecule has 4 aromatic rings. The van der Waals surface area contributed by atoms with Crippen molar-refractivity contribution in [3.8, 4) is 33.9 Å². The van der Waals surface area contributed by atoms with Crippen molar-refractivity contribution in [3.05, 3.63) is 90.4 Å². The maximum Gasteiger partial charge on any atom is 0.303 e. The van der Waals surface area contributed by atoms with Crippen molar-refractivity contribution >= 4 is 18.1 Å². The zero-order chi connectivity index (χ0) is 26.6. The summed E-state index contributed by atoms with van der Waals surface area (Å²) in [5.74, 6) is 1.59. The zero-order valence-electron chi connectivity index (χ0n) is 21.8. The van der Waals surface area contributed by atoms with E-state index in [1.54, 1.807) is 7.11 Å². The third-order valence-electron chi connectivity index (χ3n) is 5.62. The molecule has 0 saturated carbocycles. The molecule has 37 heavy (non-hydrogen) atoms. The largest absolute Gasteiger partial charge is 0.496 e. The van der Waals surface area contributed by atoms with Gasteiger partial charge in [0, 0.05) is 25.2 Å². The van der Waals surface area contributed by atoms with Gasteiger partial charge >= 0.3 is 5.97 Å². The molecule has 0 aliphatic heterocycles. The number of aromatic nitrogens is 2. The minimum Gasteiger partial charge on any atom is -0.496 e. The molecule has 6 heteroatoms. The van der Waals surface area contributed by atoms with E-state index in [9.17, 15) is 4.79 Å². The van der Waals surface area contributed by atoms with Crippen LogP contribution in [0.1, 0.15) is 38.1 Å². The number of carbonyl (C=O) groups is 1. The highest BCUT2D eigenvalue weighted by molar-refractivity contribution is 5.73. The molecular formula is C31H34N2O4. The first-order valence-corrected chi connectivity index (χ1v) is 12.4. The van der Waals surface area contributed by atoms with Crippen LogP contribution in [0, 0.1) is 0 Å². The number of imidazole rings is 1. The van der Waals surface area contributed by atoms with Crippen LogP contribution >= 0.6 is 0 Å². The second-order valence-electron chi connectivity index (χ2n) is 8.12. The van der Waals surface area contributed by atoms with Gasteiger partial charge in [-0.05, 0) is 53.5 Å². The number of methoxy groups -OCH3 is 1. The molecular weight excluding hydrogens is 464 g/mol. The summed E-state index contributed by atoms with van der Waals surface area (Å²) in [5.41, 5.74) is 5.11. The molecule has 0 bridgehead atoms. The van der Waals surface area contributed by atoms with Crippen LogP contribution < -0.4 is 9.47 Å². The van der Waals surface area contributed by atoms with Crippen molar-refractivity contribution in [2.75, 3.05) is 13.7 Å². The topological polar surface area (TPSA) is 73.6 Å². The summed E-state index contributed by atoms with van der Waals surface area (Å²) in [6.07, 6.45) is 6.66. The molecule has 6 nitrogen and oxygen atoms in total. The molecule has 0 saturated heterocycles. The van der Waals surface area contributed by atoms with Crippen LogP contribution in [0.25, 0.3) is 34.5 Å².